The normalized spacial score (nSPS) is 13.6. The summed E-state index contributed by atoms with van der Waals surface area (Å²) in [5.41, 5.74) is 4.29. The number of halogens is 1. The number of carboxylic acids is 1. The summed E-state index contributed by atoms with van der Waals surface area (Å²) < 4.78 is 1.01. The van der Waals surface area contributed by atoms with Crippen LogP contribution in [0, 0.1) is 5.92 Å². The molecule has 5 rings (SSSR count). The Bertz CT molecular complexity index is 1450. The van der Waals surface area contributed by atoms with Crippen molar-refractivity contribution in [2.45, 2.75) is 25.2 Å². The molecule has 0 radical (unpaired) electrons. The van der Waals surface area contributed by atoms with Gasteiger partial charge in [-0.2, -0.15) is 0 Å². The molecule has 1 aliphatic carbocycles. The number of anilines is 1. The van der Waals surface area contributed by atoms with E-state index in [2.05, 4.69) is 10.3 Å². The first-order chi connectivity index (χ1) is 17.9. The van der Waals surface area contributed by atoms with E-state index in [1.165, 1.54) is 12.1 Å². The first-order valence-corrected chi connectivity index (χ1v) is 12.4. The number of hydrogen-bond acceptors (Lipinski definition) is 4. The molecule has 0 bridgehead atoms. The van der Waals surface area contributed by atoms with E-state index in [0.29, 0.717) is 28.7 Å². The topological polar surface area (TPSA) is 103 Å². The van der Waals surface area contributed by atoms with E-state index in [1.54, 1.807) is 36.7 Å². The van der Waals surface area contributed by atoms with Crippen molar-refractivity contribution in [2.75, 3.05) is 5.32 Å². The first kappa shape index (κ1) is 24.5. The van der Waals surface area contributed by atoms with Gasteiger partial charge in [-0.15, -0.1) is 0 Å². The molecule has 7 nitrogen and oxygen atoms in total. The molecule has 0 spiro atoms. The number of hydrogen-bond donors (Lipinski definition) is 3. The van der Waals surface area contributed by atoms with E-state index in [4.69, 9.17) is 16.7 Å². The summed E-state index contributed by atoms with van der Waals surface area (Å²) in [7, 11) is 0. The number of carboxylic acid groups (broad SMARTS) is 1. The van der Waals surface area contributed by atoms with Crippen molar-refractivity contribution in [3.05, 3.63) is 101 Å². The van der Waals surface area contributed by atoms with E-state index in [9.17, 15) is 14.8 Å². The third kappa shape index (κ3) is 5.62. The summed E-state index contributed by atoms with van der Waals surface area (Å²) in [6.45, 7) is 0. The molecular weight excluding hydrogens is 490 g/mol. The molecule has 0 aliphatic heterocycles. The summed E-state index contributed by atoms with van der Waals surface area (Å²) in [4.78, 5) is 28.9. The van der Waals surface area contributed by atoms with Crippen LogP contribution in [0.5, 0.6) is 0 Å². The van der Waals surface area contributed by atoms with E-state index in [0.717, 1.165) is 40.0 Å². The second kappa shape index (κ2) is 10.4. The number of rotatable bonds is 8. The van der Waals surface area contributed by atoms with Gasteiger partial charge >= 0.3 is 5.97 Å². The van der Waals surface area contributed by atoms with Crippen molar-refractivity contribution in [2.24, 2.45) is 5.92 Å². The summed E-state index contributed by atoms with van der Waals surface area (Å²) >= 11 is 6.31. The first-order valence-electron chi connectivity index (χ1n) is 12.0. The number of nitrogens with zero attached hydrogens (tertiary/aromatic N) is 2. The summed E-state index contributed by atoms with van der Waals surface area (Å²) in [5, 5.41) is 23.6. The fourth-order valence-corrected chi connectivity index (χ4v) is 4.58. The smallest absolute Gasteiger partial charge is 0.335 e. The van der Waals surface area contributed by atoms with Crippen LogP contribution in [0.4, 0.5) is 5.69 Å². The molecule has 2 aromatic heterocycles. The number of aromatic carboxylic acids is 1. The highest BCUT2D eigenvalue weighted by Gasteiger charge is 2.36. The van der Waals surface area contributed by atoms with E-state index < -0.39 is 11.9 Å². The van der Waals surface area contributed by atoms with E-state index >= 15 is 0 Å². The molecule has 186 valence electrons. The lowest BCUT2D eigenvalue weighted by atomic mass is 9.94. The maximum Gasteiger partial charge on any atom is 0.335 e. The Morgan fingerprint density at radius 1 is 1.03 bits per heavy atom. The highest BCUT2D eigenvalue weighted by Crippen LogP contribution is 2.39. The SMILES string of the molecule is O=C(O)c1ccc(NC(=O)C(CC2CC2)c2ccc(-c3cc(Cl)ccc3-c3ccccn3)c[n+]2O)cc1. The number of pyridine rings is 2. The average Bonchev–Trinajstić information content (AvgIpc) is 3.72. The van der Waals surface area contributed by atoms with Crippen LogP contribution in [0.15, 0.2) is 85.2 Å². The Morgan fingerprint density at radius 3 is 2.46 bits per heavy atom. The van der Waals surface area contributed by atoms with Gasteiger partial charge in [0.1, 0.15) is 5.92 Å². The van der Waals surface area contributed by atoms with Crippen LogP contribution in [0.1, 0.15) is 41.2 Å². The molecule has 0 saturated heterocycles. The van der Waals surface area contributed by atoms with Gasteiger partial charge in [-0.3, -0.25) is 15.0 Å². The number of carbonyl (C=O) groups is 2. The Morgan fingerprint density at radius 2 is 1.81 bits per heavy atom. The minimum absolute atomic E-state index is 0.141. The minimum atomic E-state index is -1.03. The number of benzene rings is 2. The lowest BCUT2D eigenvalue weighted by Gasteiger charge is -2.15. The molecule has 4 aromatic rings. The maximum atomic E-state index is 13.3. The van der Waals surface area contributed by atoms with Crippen LogP contribution in [-0.2, 0) is 4.79 Å². The fourth-order valence-electron chi connectivity index (χ4n) is 4.41. The largest absolute Gasteiger partial charge is 0.478 e. The summed E-state index contributed by atoms with van der Waals surface area (Å²) in [6, 6.07) is 20.8. The molecule has 1 amide bonds. The van der Waals surface area contributed by atoms with Crippen LogP contribution < -0.4 is 10.0 Å². The van der Waals surface area contributed by atoms with Gasteiger partial charge in [-0.1, -0.05) is 36.6 Å². The van der Waals surface area contributed by atoms with Gasteiger partial charge in [0.25, 0.3) is 0 Å². The van der Waals surface area contributed by atoms with Crippen LogP contribution in [0.2, 0.25) is 5.02 Å². The second-order valence-electron chi connectivity index (χ2n) is 9.20. The Balaban J connectivity index is 1.45. The predicted octanol–water partition coefficient (Wildman–Crippen LogP) is 5.81. The van der Waals surface area contributed by atoms with Crippen molar-refractivity contribution >= 4 is 29.2 Å². The number of aromatic nitrogens is 2. The van der Waals surface area contributed by atoms with Gasteiger partial charge < -0.3 is 10.4 Å². The lowest BCUT2D eigenvalue weighted by molar-refractivity contribution is -0.909. The van der Waals surface area contributed by atoms with Crippen molar-refractivity contribution in [3.8, 4) is 22.4 Å². The van der Waals surface area contributed by atoms with Crippen LogP contribution >= 0.6 is 11.6 Å². The van der Waals surface area contributed by atoms with Crippen LogP contribution in [0.25, 0.3) is 22.4 Å². The Hall–Kier alpha value is -4.23. The fraction of sp³-hybridized carbons (Fsp3) is 0.172. The molecule has 37 heavy (non-hydrogen) atoms. The molecular formula is C29H25ClN3O4+. The van der Waals surface area contributed by atoms with Crippen molar-refractivity contribution < 1.29 is 24.6 Å². The van der Waals surface area contributed by atoms with Crippen molar-refractivity contribution in [1.82, 2.24) is 4.98 Å². The van der Waals surface area contributed by atoms with Gasteiger partial charge in [0.15, 0.2) is 0 Å². The number of carbonyl (C=O) groups excluding carboxylic acids is 1. The zero-order valence-electron chi connectivity index (χ0n) is 19.8. The van der Waals surface area contributed by atoms with E-state index in [1.807, 2.05) is 36.4 Å². The average molecular weight is 515 g/mol. The highest BCUT2D eigenvalue weighted by atomic mass is 35.5. The molecule has 2 heterocycles. The number of amides is 1. The molecule has 1 saturated carbocycles. The third-order valence-corrected chi connectivity index (χ3v) is 6.77. The van der Waals surface area contributed by atoms with Gasteiger partial charge in [-0.05, 0) is 72.5 Å². The molecule has 2 aromatic carbocycles. The Kier molecular flexibility index (Phi) is 6.88. The predicted molar refractivity (Wildman–Crippen MR) is 140 cm³/mol. The zero-order valence-corrected chi connectivity index (χ0v) is 20.6. The maximum absolute atomic E-state index is 13.3. The van der Waals surface area contributed by atoms with Gasteiger partial charge in [-0.25, -0.2) is 4.79 Å². The monoisotopic (exact) mass is 514 g/mol. The molecule has 8 heteroatoms. The van der Waals surface area contributed by atoms with Crippen molar-refractivity contribution in [1.29, 1.82) is 0 Å². The van der Waals surface area contributed by atoms with Gasteiger partial charge in [0.2, 0.25) is 17.8 Å². The molecule has 1 atom stereocenters. The van der Waals surface area contributed by atoms with Crippen LogP contribution in [-0.4, -0.2) is 27.2 Å². The quantitative estimate of drug-likeness (QED) is 0.203. The van der Waals surface area contributed by atoms with Crippen molar-refractivity contribution in [3.63, 3.8) is 0 Å². The number of nitrogens with one attached hydrogen (secondary N) is 1. The van der Waals surface area contributed by atoms with Gasteiger partial charge in [0, 0.05) is 33.3 Å². The zero-order chi connectivity index (χ0) is 25.9. The standard InChI is InChI=1S/C29H24ClN3O4/c30-21-9-12-23(26-3-1-2-14-31-26)24(16-21)20-8-13-27(33(37)17-20)25(15-18-4-5-18)28(34)32-22-10-6-19(7-11-22)29(35)36/h1-3,6-14,16-18,25H,4-5,15H2,(H2-,32,34,35,36,37)/p+1. The highest BCUT2D eigenvalue weighted by molar-refractivity contribution is 6.31. The lowest BCUT2D eigenvalue weighted by Crippen LogP contribution is -2.39. The van der Waals surface area contributed by atoms with E-state index in [-0.39, 0.29) is 11.5 Å². The molecule has 3 N–H and O–H groups in total. The second-order valence-corrected chi connectivity index (χ2v) is 9.63. The van der Waals surface area contributed by atoms with Gasteiger partial charge in [0.05, 0.1) is 16.8 Å². The summed E-state index contributed by atoms with van der Waals surface area (Å²) in [5.74, 6) is -1.45. The van der Waals surface area contributed by atoms with Crippen LogP contribution in [0.3, 0.4) is 0 Å². The molecule has 1 unspecified atom stereocenters. The molecule has 1 aliphatic rings. The summed E-state index contributed by atoms with van der Waals surface area (Å²) in [6.07, 6.45) is 6.02. The third-order valence-electron chi connectivity index (χ3n) is 6.53. The minimum Gasteiger partial charge on any atom is -0.478 e. The molecule has 1 fully saturated rings. The Labute approximate surface area is 219 Å².